The largest absolute Gasteiger partial charge is 0.313 e. The Morgan fingerprint density at radius 3 is 1.44 bits per heavy atom. The first-order valence-electron chi connectivity index (χ1n) is 7.23. The van der Waals surface area contributed by atoms with Crippen LogP contribution in [0.15, 0.2) is 0 Å². The molecular formula is C16H33NO. The predicted molar refractivity (Wildman–Crippen MR) is 77.7 cm³/mol. The molecule has 1 heterocycles. The maximum atomic E-state index is 10.7. The number of hydrogen-bond donors (Lipinski definition) is 1. The van der Waals surface area contributed by atoms with E-state index in [1.165, 1.54) is 0 Å². The number of rotatable bonds is 0. The second-order valence-corrected chi connectivity index (χ2v) is 9.28. The summed E-state index contributed by atoms with van der Waals surface area (Å²) in [6.07, 6.45) is 1.09. The third kappa shape index (κ3) is 3.08. The van der Waals surface area contributed by atoms with Crippen LogP contribution < -0.4 is 0 Å². The zero-order valence-corrected chi connectivity index (χ0v) is 13.8. The van der Waals surface area contributed by atoms with E-state index in [2.05, 4.69) is 62.3 Å². The van der Waals surface area contributed by atoms with Crippen LogP contribution in [0.2, 0.25) is 0 Å². The van der Waals surface area contributed by atoms with E-state index >= 15 is 0 Å². The second kappa shape index (κ2) is 4.49. The van der Waals surface area contributed by atoms with Crippen molar-refractivity contribution in [1.82, 2.24) is 5.06 Å². The van der Waals surface area contributed by atoms with E-state index in [1.54, 1.807) is 5.06 Å². The van der Waals surface area contributed by atoms with Gasteiger partial charge in [0.15, 0.2) is 0 Å². The van der Waals surface area contributed by atoms with Crippen molar-refractivity contribution in [2.75, 3.05) is 0 Å². The summed E-state index contributed by atoms with van der Waals surface area (Å²) in [5.74, 6) is 0.534. The van der Waals surface area contributed by atoms with Gasteiger partial charge in [-0.3, -0.25) is 0 Å². The van der Waals surface area contributed by atoms with Gasteiger partial charge in [-0.25, -0.2) is 0 Å². The van der Waals surface area contributed by atoms with Crippen LogP contribution >= 0.6 is 0 Å². The van der Waals surface area contributed by atoms with Gasteiger partial charge in [-0.2, -0.15) is 5.06 Å². The fourth-order valence-corrected chi connectivity index (χ4v) is 3.43. The molecule has 18 heavy (non-hydrogen) atoms. The Morgan fingerprint density at radius 1 is 0.778 bits per heavy atom. The molecule has 0 spiro atoms. The minimum Gasteiger partial charge on any atom is -0.313 e. The molecule has 3 unspecified atom stereocenters. The second-order valence-electron chi connectivity index (χ2n) is 9.28. The highest BCUT2D eigenvalue weighted by Crippen LogP contribution is 2.50. The molecule has 1 N–H and O–H groups in total. The summed E-state index contributed by atoms with van der Waals surface area (Å²) in [6.45, 7) is 20.3. The maximum absolute atomic E-state index is 10.7. The first kappa shape index (κ1) is 16.0. The van der Waals surface area contributed by atoms with Crippen LogP contribution in [-0.2, 0) is 0 Å². The summed E-state index contributed by atoms with van der Waals surface area (Å²) in [4.78, 5) is 0. The van der Waals surface area contributed by atoms with E-state index in [-0.39, 0.29) is 28.3 Å². The number of nitrogens with zero attached hydrogens (tertiary/aromatic N) is 1. The molecule has 1 saturated heterocycles. The summed E-state index contributed by atoms with van der Waals surface area (Å²) in [6, 6.07) is 0.493. The van der Waals surface area contributed by atoms with Gasteiger partial charge in [0.05, 0.1) is 0 Å². The summed E-state index contributed by atoms with van der Waals surface area (Å²) in [5.41, 5.74) is 0.462. The Bertz CT molecular complexity index is 290. The van der Waals surface area contributed by atoms with E-state index in [0.29, 0.717) is 5.92 Å². The molecule has 0 aliphatic carbocycles. The van der Waals surface area contributed by atoms with Crippen LogP contribution in [0, 0.1) is 22.2 Å². The number of hydroxylamine groups is 2. The lowest BCUT2D eigenvalue weighted by atomic mass is 9.68. The van der Waals surface area contributed by atoms with Gasteiger partial charge in [0, 0.05) is 12.1 Å². The first-order valence-corrected chi connectivity index (χ1v) is 7.23. The van der Waals surface area contributed by atoms with Gasteiger partial charge in [0.25, 0.3) is 0 Å². The highest BCUT2D eigenvalue weighted by atomic mass is 16.5. The zero-order valence-electron chi connectivity index (χ0n) is 13.8. The molecule has 1 rings (SSSR count). The smallest absolute Gasteiger partial charge is 0.0435 e. The van der Waals surface area contributed by atoms with E-state index in [0.717, 1.165) is 6.42 Å². The predicted octanol–water partition coefficient (Wildman–Crippen LogP) is 4.57. The minimum atomic E-state index is 0.104. The molecule has 0 aromatic rings. The van der Waals surface area contributed by atoms with Gasteiger partial charge in [0.2, 0.25) is 0 Å². The Morgan fingerprint density at radius 2 is 1.22 bits per heavy atom. The van der Waals surface area contributed by atoms with Crippen LogP contribution in [0.3, 0.4) is 0 Å². The van der Waals surface area contributed by atoms with Crippen LogP contribution in [0.4, 0.5) is 0 Å². The SMILES string of the molecule is CC(C)(C)C1CC(C(C)(C)C)N(O)C1C(C)(C)C. The topological polar surface area (TPSA) is 23.5 Å². The molecule has 0 aromatic heterocycles. The quantitative estimate of drug-likeness (QED) is 0.685. The Labute approximate surface area is 114 Å². The Balaban J connectivity index is 3.13. The summed E-state index contributed by atoms with van der Waals surface area (Å²) in [7, 11) is 0. The normalized spacial score (nSPS) is 32.0. The van der Waals surface area contributed by atoms with E-state index in [4.69, 9.17) is 0 Å². The molecule has 0 aromatic carbocycles. The molecule has 3 atom stereocenters. The first-order chi connectivity index (χ1) is 7.76. The van der Waals surface area contributed by atoms with Crippen LogP contribution in [0.5, 0.6) is 0 Å². The molecule has 0 radical (unpaired) electrons. The van der Waals surface area contributed by atoms with Crippen molar-refractivity contribution < 1.29 is 5.21 Å². The van der Waals surface area contributed by atoms with Gasteiger partial charge in [0.1, 0.15) is 0 Å². The highest BCUT2D eigenvalue weighted by molar-refractivity contribution is 5.02. The monoisotopic (exact) mass is 255 g/mol. The van der Waals surface area contributed by atoms with Crippen LogP contribution in [-0.4, -0.2) is 22.4 Å². The van der Waals surface area contributed by atoms with Gasteiger partial charge in [-0.15, -0.1) is 0 Å². The third-order valence-electron chi connectivity index (χ3n) is 4.46. The van der Waals surface area contributed by atoms with Gasteiger partial charge in [-0.1, -0.05) is 62.3 Å². The molecular weight excluding hydrogens is 222 g/mol. The Kier molecular flexibility index (Phi) is 3.98. The van der Waals surface area contributed by atoms with Crippen molar-refractivity contribution >= 4 is 0 Å². The fraction of sp³-hybridized carbons (Fsp3) is 1.00. The third-order valence-corrected chi connectivity index (χ3v) is 4.46. The van der Waals surface area contributed by atoms with Gasteiger partial charge >= 0.3 is 0 Å². The molecule has 1 aliphatic heterocycles. The highest BCUT2D eigenvalue weighted by Gasteiger charge is 2.53. The van der Waals surface area contributed by atoms with E-state index in [9.17, 15) is 5.21 Å². The van der Waals surface area contributed by atoms with Gasteiger partial charge in [-0.05, 0) is 28.6 Å². The summed E-state index contributed by atoms with van der Waals surface area (Å²) >= 11 is 0. The van der Waals surface area contributed by atoms with Crippen LogP contribution in [0.1, 0.15) is 68.7 Å². The molecule has 1 aliphatic rings. The zero-order chi connectivity index (χ0) is 14.5. The lowest BCUT2D eigenvalue weighted by Crippen LogP contribution is -2.48. The molecule has 0 saturated carbocycles. The van der Waals surface area contributed by atoms with Crippen molar-refractivity contribution in [2.24, 2.45) is 22.2 Å². The van der Waals surface area contributed by atoms with Crippen molar-refractivity contribution in [3.05, 3.63) is 0 Å². The maximum Gasteiger partial charge on any atom is 0.0435 e. The van der Waals surface area contributed by atoms with Crippen LogP contribution in [0.25, 0.3) is 0 Å². The average molecular weight is 255 g/mol. The van der Waals surface area contributed by atoms with Crippen molar-refractivity contribution in [2.45, 2.75) is 80.8 Å². The van der Waals surface area contributed by atoms with E-state index < -0.39 is 0 Å². The number of hydrogen-bond acceptors (Lipinski definition) is 2. The van der Waals surface area contributed by atoms with Gasteiger partial charge < -0.3 is 5.21 Å². The minimum absolute atomic E-state index is 0.104. The summed E-state index contributed by atoms with van der Waals surface area (Å²) in [5, 5.41) is 12.4. The van der Waals surface area contributed by atoms with Crippen molar-refractivity contribution in [3.8, 4) is 0 Å². The molecule has 108 valence electrons. The standard InChI is InChI=1S/C16H33NO/c1-14(2,3)11-10-12(15(4,5)6)17(18)13(11)16(7,8)9/h11-13,18H,10H2,1-9H3. The van der Waals surface area contributed by atoms with Crippen molar-refractivity contribution in [3.63, 3.8) is 0 Å². The lowest BCUT2D eigenvalue weighted by Gasteiger charge is -2.42. The van der Waals surface area contributed by atoms with E-state index in [1.807, 2.05) is 0 Å². The summed E-state index contributed by atoms with van der Waals surface area (Å²) < 4.78 is 0. The molecule has 0 amide bonds. The molecule has 2 nitrogen and oxygen atoms in total. The molecule has 1 fully saturated rings. The van der Waals surface area contributed by atoms with Crippen molar-refractivity contribution in [1.29, 1.82) is 0 Å². The molecule has 2 heteroatoms. The average Bonchev–Trinajstić information content (AvgIpc) is 2.39. The fourth-order valence-electron chi connectivity index (χ4n) is 3.43. The Hall–Kier alpha value is -0.0800. The molecule has 0 bridgehead atoms. The lowest BCUT2D eigenvalue weighted by molar-refractivity contribution is -0.184.